The van der Waals surface area contributed by atoms with E-state index in [1.165, 1.54) is 12.1 Å². The molecule has 0 saturated heterocycles. The van der Waals surface area contributed by atoms with Crippen molar-refractivity contribution in [1.82, 2.24) is 0 Å². The number of hydrogen-bond acceptors (Lipinski definition) is 3. The van der Waals surface area contributed by atoms with Crippen molar-refractivity contribution in [2.75, 3.05) is 0 Å². The normalized spacial score (nSPS) is 14.4. The Morgan fingerprint density at radius 2 is 1.36 bits per heavy atom. The molecule has 0 aliphatic rings. The summed E-state index contributed by atoms with van der Waals surface area (Å²) in [4.78, 5) is 9.86. The second-order valence-electron chi connectivity index (χ2n) is 4.52. The van der Waals surface area contributed by atoms with Crippen molar-refractivity contribution in [3.63, 3.8) is 0 Å². The second kappa shape index (κ2) is 5.69. The molecule has 0 bridgehead atoms. The Morgan fingerprint density at radius 1 is 0.955 bits per heavy atom. The van der Waals surface area contributed by atoms with E-state index in [0.29, 0.717) is 4.47 Å². The van der Waals surface area contributed by atoms with Crippen LogP contribution in [0.25, 0.3) is 0 Å². The first-order chi connectivity index (χ1) is 10.2. The van der Waals surface area contributed by atoms with Gasteiger partial charge in [0.25, 0.3) is 5.69 Å². The molecule has 2 rings (SSSR count). The summed E-state index contributed by atoms with van der Waals surface area (Å²) in [5.74, 6) is 0. The molecule has 2 aromatic rings. The number of nitro benzene ring substituents is 1. The molecule has 1 atom stereocenters. The van der Waals surface area contributed by atoms with Crippen molar-refractivity contribution in [3.05, 3.63) is 74.2 Å². The summed E-state index contributed by atoms with van der Waals surface area (Å²) < 4.78 is 40.9. The van der Waals surface area contributed by atoms with Gasteiger partial charge < -0.3 is 5.11 Å². The lowest BCUT2D eigenvalue weighted by Gasteiger charge is -2.31. The standard InChI is InChI=1S/C14H9BrF3NO3/c15-11-5-1-9(2-6-11)13(20,14(16,17)18)10-3-7-12(8-4-10)19(21)22/h1-8,20H. The minimum Gasteiger partial charge on any atom is -0.372 e. The summed E-state index contributed by atoms with van der Waals surface area (Å²) in [5, 5.41) is 20.9. The van der Waals surface area contributed by atoms with Gasteiger partial charge in [0.05, 0.1) is 4.92 Å². The van der Waals surface area contributed by atoms with Gasteiger partial charge in [0.2, 0.25) is 5.60 Å². The fraction of sp³-hybridized carbons (Fsp3) is 0.143. The summed E-state index contributed by atoms with van der Waals surface area (Å²) in [5.41, 5.74) is -4.47. The van der Waals surface area contributed by atoms with Gasteiger partial charge in [-0.2, -0.15) is 13.2 Å². The smallest absolute Gasteiger partial charge is 0.372 e. The van der Waals surface area contributed by atoms with Gasteiger partial charge in [-0.05, 0) is 35.4 Å². The number of rotatable bonds is 3. The van der Waals surface area contributed by atoms with Crippen molar-refractivity contribution in [2.45, 2.75) is 11.8 Å². The van der Waals surface area contributed by atoms with Crippen molar-refractivity contribution in [1.29, 1.82) is 0 Å². The lowest BCUT2D eigenvalue weighted by Crippen LogP contribution is -2.43. The van der Waals surface area contributed by atoms with E-state index in [2.05, 4.69) is 15.9 Å². The fourth-order valence-electron chi connectivity index (χ4n) is 2.01. The third-order valence-electron chi connectivity index (χ3n) is 3.17. The van der Waals surface area contributed by atoms with Crippen molar-refractivity contribution in [2.24, 2.45) is 0 Å². The van der Waals surface area contributed by atoms with E-state index in [9.17, 15) is 28.4 Å². The highest BCUT2D eigenvalue weighted by Crippen LogP contribution is 2.44. The summed E-state index contributed by atoms with van der Waals surface area (Å²) in [6.07, 6.45) is -4.99. The zero-order chi connectivity index (χ0) is 16.5. The molecule has 4 nitrogen and oxygen atoms in total. The number of aliphatic hydroxyl groups is 1. The van der Waals surface area contributed by atoms with Gasteiger partial charge in [-0.3, -0.25) is 10.1 Å². The van der Waals surface area contributed by atoms with Crippen molar-refractivity contribution in [3.8, 4) is 0 Å². The average Bonchev–Trinajstić information content (AvgIpc) is 2.46. The molecule has 0 aliphatic carbocycles. The van der Waals surface area contributed by atoms with Gasteiger partial charge in [-0.25, -0.2) is 0 Å². The first-order valence-corrected chi connectivity index (χ1v) is 6.75. The number of nitro groups is 1. The van der Waals surface area contributed by atoms with Crippen LogP contribution in [0.4, 0.5) is 18.9 Å². The number of non-ortho nitro benzene ring substituents is 1. The molecule has 0 heterocycles. The molecule has 0 aliphatic heterocycles. The molecule has 1 unspecified atom stereocenters. The predicted octanol–water partition coefficient (Wildman–Crippen LogP) is 4.16. The van der Waals surface area contributed by atoms with Gasteiger partial charge in [0.15, 0.2) is 0 Å². The zero-order valence-electron chi connectivity index (χ0n) is 10.8. The maximum absolute atomic E-state index is 13.4. The number of alkyl halides is 3. The number of benzene rings is 2. The highest BCUT2D eigenvalue weighted by molar-refractivity contribution is 9.10. The summed E-state index contributed by atoms with van der Waals surface area (Å²) >= 11 is 3.11. The van der Waals surface area contributed by atoms with Crippen LogP contribution in [0.15, 0.2) is 53.0 Å². The third kappa shape index (κ3) is 2.84. The topological polar surface area (TPSA) is 63.4 Å². The van der Waals surface area contributed by atoms with Gasteiger partial charge in [-0.15, -0.1) is 0 Å². The quantitative estimate of drug-likeness (QED) is 0.647. The van der Waals surface area contributed by atoms with Crippen LogP contribution in [0.3, 0.4) is 0 Å². The van der Waals surface area contributed by atoms with Gasteiger partial charge in [-0.1, -0.05) is 28.1 Å². The van der Waals surface area contributed by atoms with Crippen LogP contribution >= 0.6 is 15.9 Å². The van der Waals surface area contributed by atoms with Gasteiger partial charge in [0, 0.05) is 16.6 Å². The van der Waals surface area contributed by atoms with Crippen LogP contribution in [0.2, 0.25) is 0 Å². The molecule has 22 heavy (non-hydrogen) atoms. The average molecular weight is 376 g/mol. The Labute approximate surface area is 131 Å². The Morgan fingerprint density at radius 3 is 1.73 bits per heavy atom. The summed E-state index contributed by atoms with van der Waals surface area (Å²) in [7, 11) is 0. The Bertz CT molecular complexity index is 686. The van der Waals surface area contributed by atoms with E-state index in [4.69, 9.17) is 0 Å². The molecule has 0 amide bonds. The van der Waals surface area contributed by atoms with Crippen LogP contribution < -0.4 is 0 Å². The molecule has 1 N–H and O–H groups in total. The van der Waals surface area contributed by atoms with Gasteiger partial charge >= 0.3 is 6.18 Å². The molecule has 0 fully saturated rings. The number of halogens is 4. The maximum Gasteiger partial charge on any atom is 0.425 e. The van der Waals surface area contributed by atoms with Gasteiger partial charge in [0.1, 0.15) is 0 Å². The Balaban J connectivity index is 2.59. The lowest BCUT2D eigenvalue weighted by molar-refractivity contribution is -0.384. The molecule has 0 saturated carbocycles. The zero-order valence-corrected chi connectivity index (χ0v) is 12.4. The fourth-order valence-corrected chi connectivity index (χ4v) is 2.27. The maximum atomic E-state index is 13.4. The molecule has 2 aromatic carbocycles. The summed E-state index contributed by atoms with van der Waals surface area (Å²) in [6, 6.07) is 8.66. The SMILES string of the molecule is O=[N+]([O-])c1ccc(C(O)(c2ccc(Br)cc2)C(F)(F)F)cc1. The molecular weight excluding hydrogens is 367 g/mol. The number of nitrogens with zero attached hydrogens (tertiary/aromatic N) is 1. The van der Waals surface area contributed by atoms with E-state index >= 15 is 0 Å². The van der Waals surface area contributed by atoms with Crippen LogP contribution in [-0.2, 0) is 5.60 Å². The largest absolute Gasteiger partial charge is 0.425 e. The lowest BCUT2D eigenvalue weighted by atomic mass is 9.85. The van der Waals surface area contributed by atoms with Crippen molar-refractivity contribution < 1.29 is 23.2 Å². The van der Waals surface area contributed by atoms with E-state index in [-0.39, 0.29) is 11.3 Å². The van der Waals surface area contributed by atoms with E-state index in [1.807, 2.05) is 0 Å². The minimum absolute atomic E-state index is 0.357. The highest BCUT2D eigenvalue weighted by Gasteiger charge is 2.56. The van der Waals surface area contributed by atoms with Crippen LogP contribution in [0.1, 0.15) is 11.1 Å². The van der Waals surface area contributed by atoms with E-state index in [0.717, 1.165) is 36.4 Å². The molecule has 116 valence electrons. The Hall–Kier alpha value is -1.93. The van der Waals surface area contributed by atoms with Crippen LogP contribution in [0.5, 0.6) is 0 Å². The Kier molecular flexibility index (Phi) is 4.25. The first-order valence-electron chi connectivity index (χ1n) is 5.96. The monoisotopic (exact) mass is 375 g/mol. The third-order valence-corrected chi connectivity index (χ3v) is 3.70. The molecule has 0 spiro atoms. The molecule has 0 aromatic heterocycles. The van der Waals surface area contributed by atoms with Crippen LogP contribution in [-0.4, -0.2) is 16.2 Å². The second-order valence-corrected chi connectivity index (χ2v) is 5.43. The summed E-state index contributed by atoms with van der Waals surface area (Å²) in [6.45, 7) is 0. The van der Waals surface area contributed by atoms with E-state index < -0.39 is 22.3 Å². The first kappa shape index (κ1) is 16.4. The highest BCUT2D eigenvalue weighted by atomic mass is 79.9. The number of hydrogen-bond donors (Lipinski definition) is 1. The molecule has 0 radical (unpaired) electrons. The van der Waals surface area contributed by atoms with Crippen molar-refractivity contribution >= 4 is 21.6 Å². The molecule has 8 heteroatoms. The van der Waals surface area contributed by atoms with Crippen LogP contribution in [0, 0.1) is 10.1 Å². The molecular formula is C14H9BrF3NO3. The van der Waals surface area contributed by atoms with E-state index in [1.54, 1.807) is 0 Å². The minimum atomic E-state index is -4.99. The predicted molar refractivity (Wildman–Crippen MR) is 76.3 cm³/mol.